The van der Waals surface area contributed by atoms with Gasteiger partial charge in [-0.15, -0.1) is 0 Å². The molecular weight excluding hydrogens is 226 g/mol. The summed E-state index contributed by atoms with van der Waals surface area (Å²) < 4.78 is 0. The smallest absolute Gasteiger partial charge is 0.323 e. The van der Waals surface area contributed by atoms with Gasteiger partial charge in [0.15, 0.2) is 0 Å². The van der Waals surface area contributed by atoms with Crippen LogP contribution in [0.3, 0.4) is 0 Å². The van der Waals surface area contributed by atoms with Gasteiger partial charge < -0.3 is 10.4 Å². The minimum Gasteiger partial charge on any atom is -0.480 e. The molecule has 2 atom stereocenters. The quantitative estimate of drug-likeness (QED) is 0.741. The van der Waals surface area contributed by atoms with Crippen LogP contribution in [0.25, 0.3) is 0 Å². The van der Waals surface area contributed by atoms with Crippen molar-refractivity contribution in [1.82, 2.24) is 5.32 Å². The predicted molar refractivity (Wildman–Crippen MR) is 74.6 cm³/mol. The van der Waals surface area contributed by atoms with Crippen LogP contribution in [0.15, 0.2) is 0 Å². The Morgan fingerprint density at radius 2 is 1.94 bits per heavy atom. The first-order chi connectivity index (χ1) is 8.37. The summed E-state index contributed by atoms with van der Waals surface area (Å²) in [5.41, 5.74) is -0.673. The summed E-state index contributed by atoms with van der Waals surface area (Å²) in [5.74, 6) is 1.18. The first-order valence-corrected chi connectivity index (χ1v) is 7.36. The largest absolute Gasteiger partial charge is 0.480 e. The normalized spacial score (nSPS) is 29.6. The third kappa shape index (κ3) is 3.98. The van der Waals surface area contributed by atoms with E-state index in [2.05, 4.69) is 33.0 Å². The van der Waals surface area contributed by atoms with Gasteiger partial charge in [-0.05, 0) is 43.6 Å². The van der Waals surface area contributed by atoms with Gasteiger partial charge >= 0.3 is 5.97 Å². The van der Waals surface area contributed by atoms with Gasteiger partial charge in [-0.25, -0.2) is 0 Å². The summed E-state index contributed by atoms with van der Waals surface area (Å²) in [6.45, 7) is 9.53. The van der Waals surface area contributed by atoms with Gasteiger partial charge in [0.2, 0.25) is 0 Å². The topological polar surface area (TPSA) is 49.3 Å². The van der Waals surface area contributed by atoms with Crippen molar-refractivity contribution in [2.75, 3.05) is 6.54 Å². The highest BCUT2D eigenvalue weighted by Crippen LogP contribution is 2.34. The first kappa shape index (κ1) is 15.5. The molecule has 0 aromatic rings. The molecule has 3 nitrogen and oxygen atoms in total. The van der Waals surface area contributed by atoms with E-state index in [0.29, 0.717) is 17.8 Å². The van der Waals surface area contributed by atoms with E-state index in [9.17, 15) is 9.90 Å². The summed E-state index contributed by atoms with van der Waals surface area (Å²) in [7, 11) is 0. The number of carbonyl (C=O) groups is 1. The lowest BCUT2D eigenvalue weighted by Gasteiger charge is -2.30. The van der Waals surface area contributed by atoms with Crippen LogP contribution in [-0.4, -0.2) is 23.2 Å². The molecule has 0 aromatic carbocycles. The average molecular weight is 255 g/mol. The minimum atomic E-state index is -0.673. The van der Waals surface area contributed by atoms with Crippen molar-refractivity contribution in [2.24, 2.45) is 17.8 Å². The fraction of sp³-hybridized carbons (Fsp3) is 0.933. The third-order valence-electron chi connectivity index (χ3n) is 4.32. The molecule has 18 heavy (non-hydrogen) atoms. The Labute approximate surface area is 111 Å². The predicted octanol–water partition coefficient (Wildman–Crippen LogP) is 3.29. The van der Waals surface area contributed by atoms with Gasteiger partial charge in [-0.3, -0.25) is 4.79 Å². The van der Waals surface area contributed by atoms with Crippen LogP contribution in [0.2, 0.25) is 0 Å². The second-order valence-electron chi connectivity index (χ2n) is 6.60. The van der Waals surface area contributed by atoms with E-state index < -0.39 is 11.5 Å². The highest BCUT2D eigenvalue weighted by molar-refractivity contribution is 5.78. The molecule has 3 heteroatoms. The summed E-state index contributed by atoms with van der Waals surface area (Å²) >= 11 is 0. The zero-order chi connectivity index (χ0) is 13.8. The van der Waals surface area contributed by atoms with Gasteiger partial charge in [-0.1, -0.05) is 40.5 Å². The molecule has 2 N–H and O–H groups in total. The molecule has 0 bridgehead atoms. The molecule has 1 fully saturated rings. The zero-order valence-corrected chi connectivity index (χ0v) is 12.3. The van der Waals surface area contributed by atoms with Gasteiger partial charge in [-0.2, -0.15) is 0 Å². The van der Waals surface area contributed by atoms with Crippen molar-refractivity contribution in [3.05, 3.63) is 0 Å². The number of carboxylic acid groups (broad SMARTS) is 1. The van der Waals surface area contributed by atoms with E-state index >= 15 is 0 Å². The number of aliphatic carboxylic acids is 1. The molecule has 2 unspecified atom stereocenters. The molecule has 0 aromatic heterocycles. The molecule has 0 saturated heterocycles. The summed E-state index contributed by atoms with van der Waals surface area (Å²) in [6, 6.07) is 0. The lowest BCUT2D eigenvalue weighted by Crippen LogP contribution is -2.52. The Bertz CT molecular complexity index is 276. The molecule has 0 aliphatic heterocycles. The Balaban J connectivity index is 2.70. The summed E-state index contributed by atoms with van der Waals surface area (Å²) in [4.78, 5) is 11.7. The van der Waals surface area contributed by atoms with E-state index in [4.69, 9.17) is 0 Å². The fourth-order valence-corrected chi connectivity index (χ4v) is 2.90. The first-order valence-electron chi connectivity index (χ1n) is 7.36. The minimum absolute atomic E-state index is 0.491. The third-order valence-corrected chi connectivity index (χ3v) is 4.32. The standard InChI is InChI=1S/C15H29NO2/c1-11(2)10-16-15(14(17)18)8-5-6-13(7-9-15)12(3)4/h11-13,16H,5-10H2,1-4H3,(H,17,18). The van der Waals surface area contributed by atoms with Crippen LogP contribution in [-0.2, 0) is 4.79 Å². The molecule has 1 aliphatic rings. The van der Waals surface area contributed by atoms with Crippen LogP contribution >= 0.6 is 0 Å². The monoisotopic (exact) mass is 255 g/mol. The fourth-order valence-electron chi connectivity index (χ4n) is 2.90. The van der Waals surface area contributed by atoms with Crippen molar-refractivity contribution < 1.29 is 9.90 Å². The van der Waals surface area contributed by atoms with Crippen LogP contribution in [0.1, 0.15) is 59.8 Å². The molecule has 106 valence electrons. The van der Waals surface area contributed by atoms with Crippen LogP contribution in [0.5, 0.6) is 0 Å². The maximum atomic E-state index is 11.7. The molecule has 1 rings (SSSR count). The molecule has 0 amide bonds. The van der Waals surface area contributed by atoms with Crippen molar-refractivity contribution in [2.45, 2.75) is 65.3 Å². The number of rotatable bonds is 5. The number of carboxylic acids is 1. The van der Waals surface area contributed by atoms with Crippen molar-refractivity contribution >= 4 is 5.97 Å². The van der Waals surface area contributed by atoms with E-state index in [0.717, 1.165) is 32.2 Å². The van der Waals surface area contributed by atoms with Crippen LogP contribution in [0, 0.1) is 17.8 Å². The summed E-state index contributed by atoms with van der Waals surface area (Å²) in [6.07, 6.45) is 4.79. The average Bonchev–Trinajstić information content (AvgIpc) is 2.49. The Hall–Kier alpha value is -0.570. The highest BCUT2D eigenvalue weighted by atomic mass is 16.4. The van der Waals surface area contributed by atoms with E-state index in [1.807, 2.05) is 0 Å². The van der Waals surface area contributed by atoms with E-state index in [1.165, 1.54) is 6.42 Å². The second-order valence-corrected chi connectivity index (χ2v) is 6.60. The van der Waals surface area contributed by atoms with Crippen LogP contribution in [0.4, 0.5) is 0 Å². The lowest BCUT2D eigenvalue weighted by atomic mass is 9.86. The van der Waals surface area contributed by atoms with Crippen LogP contribution < -0.4 is 5.32 Å². The number of hydrogen-bond acceptors (Lipinski definition) is 2. The van der Waals surface area contributed by atoms with Gasteiger partial charge in [0.1, 0.15) is 5.54 Å². The summed E-state index contributed by atoms with van der Waals surface area (Å²) in [5, 5.41) is 12.9. The van der Waals surface area contributed by atoms with Crippen molar-refractivity contribution in [3.8, 4) is 0 Å². The van der Waals surface area contributed by atoms with Gasteiger partial charge in [0.05, 0.1) is 0 Å². The highest BCUT2D eigenvalue weighted by Gasteiger charge is 2.40. The molecule has 0 heterocycles. The second kappa shape index (κ2) is 6.55. The number of nitrogens with one attached hydrogen (secondary N) is 1. The van der Waals surface area contributed by atoms with Gasteiger partial charge in [0, 0.05) is 0 Å². The Kier molecular flexibility index (Phi) is 5.64. The molecule has 1 aliphatic carbocycles. The van der Waals surface area contributed by atoms with E-state index in [-0.39, 0.29) is 0 Å². The van der Waals surface area contributed by atoms with Crippen molar-refractivity contribution in [1.29, 1.82) is 0 Å². The molecule has 0 radical (unpaired) electrons. The van der Waals surface area contributed by atoms with Gasteiger partial charge in [0.25, 0.3) is 0 Å². The SMILES string of the molecule is CC(C)CNC1(C(=O)O)CCCC(C(C)C)CC1. The molecule has 1 saturated carbocycles. The van der Waals surface area contributed by atoms with E-state index in [1.54, 1.807) is 0 Å². The Morgan fingerprint density at radius 3 is 2.44 bits per heavy atom. The van der Waals surface area contributed by atoms with Crippen molar-refractivity contribution in [3.63, 3.8) is 0 Å². The molecule has 0 spiro atoms. The Morgan fingerprint density at radius 1 is 1.28 bits per heavy atom. The number of hydrogen-bond donors (Lipinski definition) is 2. The lowest BCUT2D eigenvalue weighted by molar-refractivity contribution is -0.145. The maximum absolute atomic E-state index is 11.7. The maximum Gasteiger partial charge on any atom is 0.323 e. The zero-order valence-electron chi connectivity index (χ0n) is 12.3. The molecular formula is C15H29NO2.